The van der Waals surface area contributed by atoms with Gasteiger partial charge in [0.05, 0.1) is 17.3 Å². The fraction of sp³-hybridized carbons (Fsp3) is 0.320. The maximum absolute atomic E-state index is 5.90. The number of pyridine rings is 1. The molecule has 4 aromatic rings. The molecule has 158 valence electrons. The summed E-state index contributed by atoms with van der Waals surface area (Å²) in [5.41, 5.74) is 4.08. The lowest BCUT2D eigenvalue weighted by atomic mass is 10.0. The van der Waals surface area contributed by atoms with Gasteiger partial charge in [-0.25, -0.2) is 4.98 Å². The van der Waals surface area contributed by atoms with Gasteiger partial charge in [-0.15, -0.1) is 10.2 Å². The SMILES string of the molecule is CCn1c(SCC2CCCCO2)nnc1-c1cc(-c2ccccc2)nc2ccccc12. The summed E-state index contributed by atoms with van der Waals surface area (Å²) in [6.45, 7) is 3.84. The van der Waals surface area contributed by atoms with E-state index in [0.29, 0.717) is 6.10 Å². The molecule has 0 amide bonds. The Hall–Kier alpha value is -2.70. The predicted octanol–water partition coefficient (Wildman–Crippen LogP) is 5.84. The Balaban J connectivity index is 1.55. The molecule has 1 unspecified atom stereocenters. The van der Waals surface area contributed by atoms with Gasteiger partial charge in [0, 0.05) is 35.4 Å². The van der Waals surface area contributed by atoms with E-state index in [0.717, 1.165) is 64.0 Å². The van der Waals surface area contributed by atoms with Crippen molar-refractivity contribution in [1.29, 1.82) is 0 Å². The van der Waals surface area contributed by atoms with Crippen molar-refractivity contribution in [2.45, 2.75) is 44.0 Å². The summed E-state index contributed by atoms with van der Waals surface area (Å²) in [6.07, 6.45) is 3.88. The van der Waals surface area contributed by atoms with Crippen LogP contribution in [0.2, 0.25) is 0 Å². The molecule has 3 heterocycles. The molecule has 2 aromatic heterocycles. The van der Waals surface area contributed by atoms with E-state index < -0.39 is 0 Å². The zero-order valence-corrected chi connectivity index (χ0v) is 18.5. The first-order chi connectivity index (χ1) is 15.3. The smallest absolute Gasteiger partial charge is 0.191 e. The van der Waals surface area contributed by atoms with Gasteiger partial charge < -0.3 is 9.30 Å². The van der Waals surface area contributed by atoms with Gasteiger partial charge in [-0.1, -0.05) is 60.3 Å². The van der Waals surface area contributed by atoms with Gasteiger partial charge in [-0.3, -0.25) is 0 Å². The first-order valence-corrected chi connectivity index (χ1v) is 11.9. The highest BCUT2D eigenvalue weighted by Gasteiger charge is 2.20. The third-order valence-electron chi connectivity index (χ3n) is 5.73. The number of thioether (sulfide) groups is 1. The number of benzene rings is 2. The zero-order chi connectivity index (χ0) is 21.0. The number of ether oxygens (including phenoxy) is 1. The van der Waals surface area contributed by atoms with E-state index in [1.165, 1.54) is 12.8 Å². The number of aromatic nitrogens is 4. The number of rotatable bonds is 6. The summed E-state index contributed by atoms with van der Waals surface area (Å²) in [5, 5.41) is 11.2. The molecule has 0 spiro atoms. The van der Waals surface area contributed by atoms with Gasteiger partial charge >= 0.3 is 0 Å². The van der Waals surface area contributed by atoms with Crippen LogP contribution in [0.25, 0.3) is 33.5 Å². The third-order valence-corrected chi connectivity index (χ3v) is 6.83. The molecular formula is C25H26N4OS. The summed E-state index contributed by atoms with van der Waals surface area (Å²) < 4.78 is 8.11. The van der Waals surface area contributed by atoms with Crippen molar-refractivity contribution in [2.75, 3.05) is 12.4 Å². The van der Waals surface area contributed by atoms with Crippen molar-refractivity contribution in [3.05, 3.63) is 60.7 Å². The molecular weight excluding hydrogens is 404 g/mol. The second-order valence-electron chi connectivity index (χ2n) is 7.79. The molecule has 0 aliphatic carbocycles. The summed E-state index contributed by atoms with van der Waals surface area (Å²) in [7, 11) is 0. The Bertz CT molecular complexity index is 1170. The van der Waals surface area contributed by atoms with Crippen LogP contribution in [0.5, 0.6) is 0 Å². The van der Waals surface area contributed by atoms with Crippen molar-refractivity contribution in [1.82, 2.24) is 19.7 Å². The van der Waals surface area contributed by atoms with Crippen LogP contribution >= 0.6 is 11.8 Å². The van der Waals surface area contributed by atoms with Crippen LogP contribution in [0.4, 0.5) is 0 Å². The average Bonchev–Trinajstić information content (AvgIpc) is 3.26. The number of para-hydroxylation sites is 1. The molecule has 6 heteroatoms. The second-order valence-corrected chi connectivity index (χ2v) is 8.78. The van der Waals surface area contributed by atoms with E-state index in [9.17, 15) is 0 Å². The molecule has 0 saturated carbocycles. The fourth-order valence-electron chi connectivity index (χ4n) is 4.10. The zero-order valence-electron chi connectivity index (χ0n) is 17.7. The number of hydrogen-bond donors (Lipinski definition) is 0. The van der Waals surface area contributed by atoms with Crippen molar-refractivity contribution >= 4 is 22.7 Å². The normalized spacial score (nSPS) is 16.6. The maximum atomic E-state index is 5.90. The van der Waals surface area contributed by atoms with E-state index >= 15 is 0 Å². The third kappa shape index (κ3) is 4.23. The number of fused-ring (bicyclic) bond motifs is 1. The highest BCUT2D eigenvalue weighted by atomic mass is 32.2. The Kier molecular flexibility index (Phi) is 6.00. The van der Waals surface area contributed by atoms with Crippen LogP contribution in [0.15, 0.2) is 65.8 Å². The van der Waals surface area contributed by atoms with E-state index in [4.69, 9.17) is 9.72 Å². The van der Waals surface area contributed by atoms with Crippen molar-refractivity contribution < 1.29 is 4.74 Å². The summed E-state index contributed by atoms with van der Waals surface area (Å²) in [4.78, 5) is 4.91. The van der Waals surface area contributed by atoms with E-state index in [2.05, 4.69) is 58.1 Å². The predicted molar refractivity (Wildman–Crippen MR) is 126 cm³/mol. The molecule has 0 radical (unpaired) electrons. The largest absolute Gasteiger partial charge is 0.377 e. The highest BCUT2D eigenvalue weighted by molar-refractivity contribution is 7.99. The molecule has 0 bridgehead atoms. The monoisotopic (exact) mass is 430 g/mol. The van der Waals surface area contributed by atoms with Crippen LogP contribution in [0, 0.1) is 0 Å². The van der Waals surface area contributed by atoms with Gasteiger partial charge in [0.15, 0.2) is 11.0 Å². The van der Waals surface area contributed by atoms with Gasteiger partial charge in [0.25, 0.3) is 0 Å². The minimum atomic E-state index is 0.315. The van der Waals surface area contributed by atoms with Crippen LogP contribution in [-0.2, 0) is 11.3 Å². The van der Waals surface area contributed by atoms with Crippen molar-refractivity contribution in [2.24, 2.45) is 0 Å². The molecule has 1 aliphatic heterocycles. The number of hydrogen-bond acceptors (Lipinski definition) is 5. The fourth-order valence-corrected chi connectivity index (χ4v) is 5.17. The van der Waals surface area contributed by atoms with Crippen LogP contribution in [-0.4, -0.2) is 38.2 Å². The second kappa shape index (κ2) is 9.20. The standard InChI is InChI=1S/C25H26N4OS/c1-2-29-24(27-28-25(29)31-17-19-12-8-9-15-30-19)21-16-23(18-10-4-3-5-11-18)26-22-14-7-6-13-20(21)22/h3-7,10-11,13-14,16,19H,2,8-9,12,15,17H2,1H3. The molecule has 1 atom stereocenters. The Morgan fingerprint density at radius 2 is 1.87 bits per heavy atom. The first kappa shape index (κ1) is 20.2. The molecule has 5 nitrogen and oxygen atoms in total. The molecule has 1 fully saturated rings. The van der Waals surface area contributed by atoms with Crippen LogP contribution < -0.4 is 0 Å². The minimum absolute atomic E-state index is 0.315. The van der Waals surface area contributed by atoms with Crippen molar-refractivity contribution in [3.63, 3.8) is 0 Å². The van der Waals surface area contributed by atoms with Crippen LogP contribution in [0.3, 0.4) is 0 Å². The van der Waals surface area contributed by atoms with Gasteiger partial charge in [-0.05, 0) is 38.3 Å². The molecule has 5 rings (SSSR count). The molecule has 0 N–H and O–H groups in total. The van der Waals surface area contributed by atoms with Crippen molar-refractivity contribution in [3.8, 4) is 22.6 Å². The Morgan fingerprint density at radius 1 is 1.03 bits per heavy atom. The maximum Gasteiger partial charge on any atom is 0.191 e. The Labute approximate surface area is 186 Å². The summed E-state index contributed by atoms with van der Waals surface area (Å²) in [6, 6.07) is 20.7. The van der Waals surface area contributed by atoms with Crippen LogP contribution in [0.1, 0.15) is 26.2 Å². The van der Waals surface area contributed by atoms with Gasteiger partial charge in [0.1, 0.15) is 0 Å². The quantitative estimate of drug-likeness (QED) is 0.360. The lowest BCUT2D eigenvalue weighted by Gasteiger charge is -2.21. The highest BCUT2D eigenvalue weighted by Crippen LogP contribution is 2.33. The molecule has 1 saturated heterocycles. The summed E-state index contributed by atoms with van der Waals surface area (Å²) >= 11 is 1.75. The number of nitrogens with zero attached hydrogens (tertiary/aromatic N) is 4. The average molecular weight is 431 g/mol. The molecule has 1 aliphatic rings. The lowest BCUT2D eigenvalue weighted by molar-refractivity contribution is 0.0315. The van der Waals surface area contributed by atoms with E-state index in [-0.39, 0.29) is 0 Å². The molecule has 2 aromatic carbocycles. The van der Waals surface area contributed by atoms with E-state index in [1.54, 1.807) is 11.8 Å². The van der Waals surface area contributed by atoms with E-state index in [1.807, 2.05) is 24.3 Å². The first-order valence-electron chi connectivity index (χ1n) is 11.0. The van der Waals surface area contributed by atoms with Gasteiger partial charge in [0.2, 0.25) is 0 Å². The Morgan fingerprint density at radius 3 is 2.68 bits per heavy atom. The summed E-state index contributed by atoms with van der Waals surface area (Å²) in [5.74, 6) is 1.81. The van der Waals surface area contributed by atoms with Gasteiger partial charge in [-0.2, -0.15) is 0 Å². The topological polar surface area (TPSA) is 52.8 Å². The lowest BCUT2D eigenvalue weighted by Crippen LogP contribution is -2.21. The molecule has 31 heavy (non-hydrogen) atoms. The minimum Gasteiger partial charge on any atom is -0.377 e.